The van der Waals surface area contributed by atoms with Crippen LogP contribution in [0.3, 0.4) is 0 Å². The molecule has 14 heavy (non-hydrogen) atoms. The van der Waals surface area contributed by atoms with E-state index in [4.69, 9.17) is 11.6 Å². The molecule has 0 radical (unpaired) electrons. The lowest BCUT2D eigenvalue weighted by Gasteiger charge is -2.03. The quantitative estimate of drug-likeness (QED) is 0.665. The molecule has 0 fully saturated rings. The van der Waals surface area contributed by atoms with E-state index in [1.54, 1.807) is 0 Å². The average Bonchev–Trinajstić information content (AvgIpc) is 2.17. The lowest BCUT2D eigenvalue weighted by atomic mass is 10.2. The van der Waals surface area contributed by atoms with E-state index in [2.05, 4.69) is 20.9 Å². The van der Waals surface area contributed by atoms with Crippen molar-refractivity contribution in [2.24, 2.45) is 0 Å². The number of aromatic nitrogens is 1. The Morgan fingerprint density at radius 2 is 2.07 bits per heavy atom. The molecule has 2 rings (SSSR count). The van der Waals surface area contributed by atoms with Crippen LogP contribution in [-0.2, 0) is 0 Å². The smallest absolute Gasteiger partial charge is 0.166 e. The first-order valence-electron chi connectivity index (χ1n) is 3.69. The van der Waals surface area contributed by atoms with Crippen LogP contribution in [0.1, 0.15) is 0 Å². The summed E-state index contributed by atoms with van der Waals surface area (Å²) in [5.74, 6) is -1.42. The fourth-order valence-electron chi connectivity index (χ4n) is 1.16. The van der Waals surface area contributed by atoms with E-state index < -0.39 is 11.6 Å². The van der Waals surface area contributed by atoms with Gasteiger partial charge in [-0.25, -0.2) is 8.78 Å². The standard InChI is InChI=1S/C9H3BrClF2N/c10-7-6(12)3-4-5(11)1-2-14-9(4)8(7)13/h1-3H. The number of fused-ring (bicyclic) bond motifs is 1. The molecule has 0 N–H and O–H groups in total. The van der Waals surface area contributed by atoms with Gasteiger partial charge in [-0.15, -0.1) is 0 Å². The molecule has 1 aromatic heterocycles. The summed E-state index contributed by atoms with van der Waals surface area (Å²) in [4.78, 5) is 3.79. The number of hydrogen-bond acceptors (Lipinski definition) is 1. The van der Waals surface area contributed by atoms with Gasteiger partial charge in [0.15, 0.2) is 5.82 Å². The Morgan fingerprint density at radius 1 is 1.36 bits per heavy atom. The highest BCUT2D eigenvalue weighted by atomic mass is 79.9. The zero-order valence-electron chi connectivity index (χ0n) is 6.69. The topological polar surface area (TPSA) is 12.9 Å². The first kappa shape index (κ1) is 9.80. The summed E-state index contributed by atoms with van der Waals surface area (Å²) in [6.07, 6.45) is 1.37. The number of pyridine rings is 1. The maximum Gasteiger partial charge on any atom is 0.166 e. The van der Waals surface area contributed by atoms with Crippen LogP contribution >= 0.6 is 27.5 Å². The predicted octanol–water partition coefficient (Wildman–Crippen LogP) is 3.93. The highest BCUT2D eigenvalue weighted by Crippen LogP contribution is 2.30. The highest BCUT2D eigenvalue weighted by molar-refractivity contribution is 9.10. The zero-order valence-corrected chi connectivity index (χ0v) is 9.03. The van der Waals surface area contributed by atoms with Crippen molar-refractivity contribution in [3.63, 3.8) is 0 Å². The Hall–Kier alpha value is -0.740. The van der Waals surface area contributed by atoms with Crippen molar-refractivity contribution in [1.29, 1.82) is 0 Å². The molecule has 0 aliphatic rings. The van der Waals surface area contributed by atoms with Crippen molar-refractivity contribution in [2.75, 3.05) is 0 Å². The first-order valence-corrected chi connectivity index (χ1v) is 4.86. The zero-order chi connectivity index (χ0) is 10.3. The van der Waals surface area contributed by atoms with E-state index in [0.717, 1.165) is 6.07 Å². The minimum atomic E-state index is -0.734. The number of rotatable bonds is 0. The summed E-state index contributed by atoms with van der Waals surface area (Å²) in [5.41, 5.74) is 0.0609. The van der Waals surface area contributed by atoms with Gasteiger partial charge in [0, 0.05) is 11.6 Å². The molecule has 0 aliphatic heterocycles. The third-order valence-electron chi connectivity index (χ3n) is 1.82. The Labute approximate surface area is 91.8 Å². The first-order chi connectivity index (χ1) is 6.61. The van der Waals surface area contributed by atoms with Gasteiger partial charge in [-0.3, -0.25) is 4.98 Å². The van der Waals surface area contributed by atoms with Crippen molar-refractivity contribution < 1.29 is 8.78 Å². The molecule has 0 bridgehead atoms. The number of nitrogens with zero attached hydrogens (tertiary/aromatic N) is 1. The van der Waals surface area contributed by atoms with Crippen LogP contribution in [0.15, 0.2) is 22.8 Å². The van der Waals surface area contributed by atoms with Crippen molar-refractivity contribution in [3.8, 4) is 0 Å². The van der Waals surface area contributed by atoms with Gasteiger partial charge in [-0.1, -0.05) is 11.6 Å². The fraction of sp³-hybridized carbons (Fsp3) is 0. The molecule has 0 amide bonds. The van der Waals surface area contributed by atoms with Crippen molar-refractivity contribution >= 4 is 38.4 Å². The molecule has 5 heteroatoms. The van der Waals surface area contributed by atoms with Gasteiger partial charge in [-0.05, 0) is 28.1 Å². The summed E-state index contributed by atoms with van der Waals surface area (Å²) in [7, 11) is 0. The van der Waals surface area contributed by atoms with Crippen LogP contribution in [-0.4, -0.2) is 4.98 Å². The number of hydrogen-bond donors (Lipinski definition) is 0. The minimum Gasteiger partial charge on any atom is -0.253 e. The predicted molar refractivity (Wildman–Crippen MR) is 54.4 cm³/mol. The second-order valence-electron chi connectivity index (χ2n) is 2.68. The van der Waals surface area contributed by atoms with Gasteiger partial charge in [0.2, 0.25) is 0 Å². The van der Waals surface area contributed by atoms with Gasteiger partial charge in [0.25, 0.3) is 0 Å². The van der Waals surface area contributed by atoms with Crippen LogP contribution in [0.5, 0.6) is 0 Å². The fourth-order valence-corrected chi connectivity index (χ4v) is 1.66. The average molecular weight is 278 g/mol. The third-order valence-corrected chi connectivity index (χ3v) is 2.87. The monoisotopic (exact) mass is 277 g/mol. The largest absolute Gasteiger partial charge is 0.253 e. The molecule has 0 saturated heterocycles. The summed E-state index contributed by atoms with van der Waals surface area (Å²) < 4.78 is 26.3. The molecule has 0 spiro atoms. The summed E-state index contributed by atoms with van der Waals surface area (Å²) >= 11 is 8.56. The van der Waals surface area contributed by atoms with E-state index in [-0.39, 0.29) is 20.4 Å². The lowest BCUT2D eigenvalue weighted by Crippen LogP contribution is -1.90. The summed E-state index contributed by atoms with van der Waals surface area (Å²) in [5, 5.41) is 0.549. The molecule has 1 aromatic carbocycles. The van der Waals surface area contributed by atoms with Gasteiger partial charge in [-0.2, -0.15) is 0 Å². The molecular formula is C9H3BrClF2N. The Bertz CT molecular complexity index is 516. The molecule has 0 aliphatic carbocycles. The minimum absolute atomic E-state index is 0.0609. The van der Waals surface area contributed by atoms with E-state index in [1.807, 2.05) is 0 Å². The molecule has 2 aromatic rings. The second kappa shape index (κ2) is 3.44. The number of halogens is 4. The van der Waals surface area contributed by atoms with Gasteiger partial charge >= 0.3 is 0 Å². The molecule has 0 unspecified atom stereocenters. The Morgan fingerprint density at radius 3 is 2.79 bits per heavy atom. The molecule has 0 saturated carbocycles. The maximum atomic E-state index is 13.4. The van der Waals surface area contributed by atoms with E-state index in [9.17, 15) is 8.78 Å². The van der Waals surface area contributed by atoms with Gasteiger partial charge in [0.05, 0.1) is 9.50 Å². The highest BCUT2D eigenvalue weighted by Gasteiger charge is 2.13. The molecule has 72 valence electrons. The van der Waals surface area contributed by atoms with E-state index in [0.29, 0.717) is 0 Å². The van der Waals surface area contributed by atoms with Gasteiger partial charge < -0.3 is 0 Å². The number of benzene rings is 1. The second-order valence-corrected chi connectivity index (χ2v) is 3.88. The maximum absolute atomic E-state index is 13.4. The Kier molecular flexibility index (Phi) is 2.41. The van der Waals surface area contributed by atoms with Crippen LogP contribution in [0.2, 0.25) is 5.02 Å². The van der Waals surface area contributed by atoms with Crippen molar-refractivity contribution in [3.05, 3.63) is 39.5 Å². The summed E-state index contributed by atoms with van der Waals surface area (Å²) in [6.45, 7) is 0. The van der Waals surface area contributed by atoms with Crippen molar-refractivity contribution in [1.82, 2.24) is 4.98 Å². The van der Waals surface area contributed by atoms with Crippen LogP contribution in [0.25, 0.3) is 10.9 Å². The van der Waals surface area contributed by atoms with E-state index in [1.165, 1.54) is 12.3 Å². The lowest BCUT2D eigenvalue weighted by molar-refractivity contribution is 0.579. The van der Waals surface area contributed by atoms with Crippen molar-refractivity contribution in [2.45, 2.75) is 0 Å². The van der Waals surface area contributed by atoms with Crippen LogP contribution < -0.4 is 0 Å². The molecule has 1 heterocycles. The van der Waals surface area contributed by atoms with Crippen LogP contribution in [0.4, 0.5) is 8.78 Å². The Balaban J connectivity index is 2.98. The summed E-state index contributed by atoms with van der Waals surface area (Å²) in [6, 6.07) is 2.63. The molecule has 0 atom stereocenters. The SMILES string of the molecule is Fc1cc2c(Cl)ccnc2c(F)c1Br. The normalized spacial score (nSPS) is 10.9. The van der Waals surface area contributed by atoms with E-state index >= 15 is 0 Å². The molecular weight excluding hydrogens is 275 g/mol. The third kappa shape index (κ3) is 1.38. The van der Waals surface area contributed by atoms with Gasteiger partial charge in [0.1, 0.15) is 11.3 Å². The molecule has 1 nitrogen and oxygen atoms in total. The van der Waals surface area contributed by atoms with Crippen LogP contribution in [0, 0.1) is 11.6 Å².